The van der Waals surface area contributed by atoms with Crippen molar-refractivity contribution >= 4 is 10.0 Å². The zero-order chi connectivity index (χ0) is 19.2. The van der Waals surface area contributed by atoms with Gasteiger partial charge in [0.1, 0.15) is 11.6 Å². The molecule has 0 fully saturated rings. The minimum absolute atomic E-state index is 0.00511. The maximum atomic E-state index is 14.5. The fourth-order valence-corrected chi connectivity index (χ4v) is 5.32. The van der Waals surface area contributed by atoms with Gasteiger partial charge in [-0.3, -0.25) is 0 Å². The van der Waals surface area contributed by atoms with Crippen LogP contribution in [0.15, 0.2) is 59.5 Å². The van der Waals surface area contributed by atoms with Crippen LogP contribution in [0.1, 0.15) is 23.7 Å². The maximum Gasteiger partial charge on any atom is 0.268 e. The molecule has 1 heterocycles. The number of halogens is 2. The molecule has 2 aromatic carbocycles. The zero-order valence-corrected chi connectivity index (χ0v) is 15.4. The van der Waals surface area contributed by atoms with Crippen LogP contribution in [0.4, 0.5) is 8.78 Å². The SMILES string of the molecule is CNC1CCc2c1cc(-c1ccccc1F)n2S(=O)(=O)c1cccc(F)c1. The van der Waals surface area contributed by atoms with Gasteiger partial charge in [-0.15, -0.1) is 0 Å². The number of hydrogen-bond donors (Lipinski definition) is 1. The van der Waals surface area contributed by atoms with E-state index in [9.17, 15) is 17.2 Å². The lowest BCUT2D eigenvalue weighted by Gasteiger charge is -2.14. The van der Waals surface area contributed by atoms with Gasteiger partial charge in [0.05, 0.1) is 10.6 Å². The van der Waals surface area contributed by atoms with E-state index in [1.54, 1.807) is 31.3 Å². The number of rotatable bonds is 4. The second kappa shape index (κ2) is 6.58. The van der Waals surface area contributed by atoms with Crippen molar-refractivity contribution in [1.82, 2.24) is 9.29 Å². The summed E-state index contributed by atoms with van der Waals surface area (Å²) in [5.41, 5.74) is 1.89. The van der Waals surface area contributed by atoms with Crippen LogP contribution in [0.3, 0.4) is 0 Å². The van der Waals surface area contributed by atoms with Gasteiger partial charge in [-0.05, 0) is 61.9 Å². The van der Waals surface area contributed by atoms with Crippen molar-refractivity contribution in [2.45, 2.75) is 23.8 Å². The van der Waals surface area contributed by atoms with Crippen molar-refractivity contribution < 1.29 is 17.2 Å². The van der Waals surface area contributed by atoms with Crippen molar-refractivity contribution in [3.63, 3.8) is 0 Å². The van der Waals surface area contributed by atoms with E-state index in [2.05, 4.69) is 5.32 Å². The molecule has 7 heteroatoms. The first-order valence-corrected chi connectivity index (χ1v) is 10.1. The van der Waals surface area contributed by atoms with Gasteiger partial charge in [-0.1, -0.05) is 18.2 Å². The van der Waals surface area contributed by atoms with Crippen molar-refractivity contribution in [3.8, 4) is 11.3 Å². The minimum Gasteiger partial charge on any atom is -0.313 e. The molecule has 1 unspecified atom stereocenters. The van der Waals surface area contributed by atoms with E-state index in [0.29, 0.717) is 12.1 Å². The summed E-state index contributed by atoms with van der Waals surface area (Å²) in [4.78, 5) is -0.161. The first kappa shape index (κ1) is 17.9. The Bertz CT molecular complexity index is 1120. The van der Waals surface area contributed by atoms with E-state index < -0.39 is 21.7 Å². The molecule has 1 aliphatic carbocycles. The summed E-state index contributed by atoms with van der Waals surface area (Å²) in [6.45, 7) is 0. The first-order chi connectivity index (χ1) is 12.9. The van der Waals surface area contributed by atoms with Gasteiger partial charge in [-0.2, -0.15) is 0 Å². The van der Waals surface area contributed by atoms with Gasteiger partial charge >= 0.3 is 0 Å². The van der Waals surface area contributed by atoms with Crippen LogP contribution >= 0.6 is 0 Å². The van der Waals surface area contributed by atoms with E-state index in [0.717, 1.165) is 18.1 Å². The molecule has 1 N–H and O–H groups in total. The molecule has 27 heavy (non-hydrogen) atoms. The Balaban J connectivity index is 2.01. The predicted octanol–water partition coefficient (Wildman–Crippen LogP) is 3.88. The standard InChI is InChI=1S/C20H18F2N2O2S/c1-23-18-9-10-19-16(18)12-20(15-7-2-3-8-17(15)22)24(19)27(25,26)14-6-4-5-13(21)11-14/h2-8,11-12,18,23H,9-10H2,1H3. The lowest BCUT2D eigenvalue weighted by atomic mass is 10.1. The highest BCUT2D eigenvalue weighted by molar-refractivity contribution is 7.90. The van der Waals surface area contributed by atoms with Crippen molar-refractivity contribution in [1.29, 1.82) is 0 Å². The first-order valence-electron chi connectivity index (χ1n) is 8.61. The third kappa shape index (κ3) is 2.87. The largest absolute Gasteiger partial charge is 0.313 e. The third-order valence-electron chi connectivity index (χ3n) is 4.97. The van der Waals surface area contributed by atoms with E-state index in [1.807, 2.05) is 0 Å². The number of nitrogens with zero attached hydrogens (tertiary/aromatic N) is 1. The Hall–Kier alpha value is -2.51. The Morgan fingerprint density at radius 1 is 1.07 bits per heavy atom. The van der Waals surface area contributed by atoms with Gasteiger partial charge in [0, 0.05) is 17.3 Å². The molecule has 4 nitrogen and oxygen atoms in total. The van der Waals surface area contributed by atoms with Crippen molar-refractivity contribution in [2.75, 3.05) is 7.05 Å². The maximum absolute atomic E-state index is 14.5. The highest BCUT2D eigenvalue weighted by Gasteiger charge is 2.33. The third-order valence-corrected chi connectivity index (χ3v) is 6.71. The molecule has 1 aromatic heterocycles. The van der Waals surface area contributed by atoms with E-state index in [4.69, 9.17) is 0 Å². The molecule has 0 saturated carbocycles. The monoisotopic (exact) mass is 388 g/mol. The summed E-state index contributed by atoms with van der Waals surface area (Å²) < 4.78 is 56.0. The van der Waals surface area contributed by atoms with E-state index >= 15 is 0 Å². The topological polar surface area (TPSA) is 51.1 Å². The van der Waals surface area contributed by atoms with Crippen LogP contribution in [0.25, 0.3) is 11.3 Å². The molecule has 3 aromatic rings. The Kier molecular flexibility index (Phi) is 4.36. The highest BCUT2D eigenvalue weighted by Crippen LogP contribution is 2.40. The van der Waals surface area contributed by atoms with Crippen molar-refractivity contribution in [3.05, 3.63) is 77.5 Å². The fourth-order valence-electron chi connectivity index (χ4n) is 3.70. The van der Waals surface area contributed by atoms with Gasteiger partial charge < -0.3 is 5.32 Å². The Morgan fingerprint density at radius 3 is 2.56 bits per heavy atom. The lowest BCUT2D eigenvalue weighted by molar-refractivity contribution is 0.578. The quantitative estimate of drug-likeness (QED) is 0.738. The van der Waals surface area contributed by atoms with Crippen LogP contribution < -0.4 is 5.32 Å². The Labute approximate surface area is 156 Å². The summed E-state index contributed by atoms with van der Waals surface area (Å²) >= 11 is 0. The number of nitrogens with one attached hydrogen (secondary N) is 1. The molecular weight excluding hydrogens is 370 g/mol. The molecule has 1 aliphatic rings. The van der Waals surface area contributed by atoms with Crippen LogP contribution in [0.2, 0.25) is 0 Å². The van der Waals surface area contributed by atoms with Crippen LogP contribution in [0.5, 0.6) is 0 Å². The molecule has 140 valence electrons. The fraction of sp³-hybridized carbons (Fsp3) is 0.200. The van der Waals surface area contributed by atoms with Gasteiger partial charge in [0.2, 0.25) is 0 Å². The highest BCUT2D eigenvalue weighted by atomic mass is 32.2. The number of benzene rings is 2. The van der Waals surface area contributed by atoms with Crippen LogP contribution in [-0.2, 0) is 16.4 Å². The van der Waals surface area contributed by atoms with Gasteiger partial charge in [0.25, 0.3) is 10.0 Å². The normalized spacial score (nSPS) is 16.5. The molecular formula is C20H18F2N2O2S. The molecule has 4 rings (SSSR count). The molecule has 0 aliphatic heterocycles. The number of fused-ring (bicyclic) bond motifs is 1. The second-order valence-electron chi connectivity index (χ2n) is 6.52. The van der Waals surface area contributed by atoms with Gasteiger partial charge in [0.15, 0.2) is 0 Å². The molecule has 0 bridgehead atoms. The van der Waals surface area contributed by atoms with Crippen LogP contribution in [0, 0.1) is 11.6 Å². The number of hydrogen-bond acceptors (Lipinski definition) is 3. The van der Waals surface area contributed by atoms with E-state index in [1.165, 1.54) is 28.2 Å². The summed E-state index contributed by atoms with van der Waals surface area (Å²) in [6.07, 6.45) is 1.28. The summed E-state index contributed by atoms with van der Waals surface area (Å²) in [6, 6.07) is 12.6. The van der Waals surface area contributed by atoms with E-state index in [-0.39, 0.29) is 22.2 Å². The molecule has 0 saturated heterocycles. The van der Waals surface area contributed by atoms with Crippen molar-refractivity contribution in [2.24, 2.45) is 0 Å². The second-order valence-corrected chi connectivity index (χ2v) is 8.30. The summed E-state index contributed by atoms with van der Waals surface area (Å²) in [7, 11) is -2.28. The molecule has 0 spiro atoms. The smallest absolute Gasteiger partial charge is 0.268 e. The Morgan fingerprint density at radius 2 is 1.85 bits per heavy atom. The summed E-state index contributed by atoms with van der Waals surface area (Å²) in [5, 5.41) is 3.17. The average Bonchev–Trinajstić information content (AvgIpc) is 3.20. The molecule has 0 radical (unpaired) electrons. The number of aromatic nitrogens is 1. The zero-order valence-electron chi connectivity index (χ0n) is 14.6. The molecule has 0 amide bonds. The summed E-state index contributed by atoms with van der Waals surface area (Å²) in [5.74, 6) is -1.15. The molecule has 1 atom stereocenters. The van der Waals surface area contributed by atoms with Gasteiger partial charge in [-0.25, -0.2) is 21.2 Å². The lowest BCUT2D eigenvalue weighted by Crippen LogP contribution is -2.17. The average molecular weight is 388 g/mol. The van der Waals surface area contributed by atoms with Crippen LogP contribution in [-0.4, -0.2) is 19.4 Å². The minimum atomic E-state index is -4.09. The predicted molar refractivity (Wildman–Crippen MR) is 98.9 cm³/mol.